The van der Waals surface area contributed by atoms with E-state index in [-0.39, 0.29) is 27.5 Å². The lowest BCUT2D eigenvalue weighted by Gasteiger charge is -2.22. The first-order valence-electron chi connectivity index (χ1n) is 6.09. The minimum Gasteiger partial charge on any atom is -0.376 e. The summed E-state index contributed by atoms with van der Waals surface area (Å²) >= 11 is 0.806. The summed E-state index contributed by atoms with van der Waals surface area (Å²) < 4.78 is 37.0. The molecular weight excluding hydrogens is 322 g/mol. The fourth-order valence-corrected chi connectivity index (χ4v) is 4.13. The number of nitrogens with one attached hydrogen (secondary N) is 2. The van der Waals surface area contributed by atoms with Gasteiger partial charge in [0.2, 0.25) is 10.0 Å². The molecule has 21 heavy (non-hydrogen) atoms. The van der Waals surface area contributed by atoms with Crippen LogP contribution in [0.3, 0.4) is 0 Å². The van der Waals surface area contributed by atoms with Crippen LogP contribution in [0.2, 0.25) is 0 Å². The Balaban J connectivity index is 2.09. The molecule has 0 aromatic carbocycles. The van der Waals surface area contributed by atoms with Crippen LogP contribution >= 0.6 is 11.3 Å². The fourth-order valence-electron chi connectivity index (χ4n) is 1.73. The standard InChI is InChI=1S/C10H15N3O6S2/c1-11-10-8(13(14)15)4-9(20-10)21(16,17)12-5-7-6-18-2-3-19-7/h4,7,11-12H,2-3,5-6H2,1H3. The van der Waals surface area contributed by atoms with Crippen molar-refractivity contribution in [1.29, 1.82) is 0 Å². The number of sulfonamides is 1. The highest BCUT2D eigenvalue weighted by molar-refractivity contribution is 7.91. The van der Waals surface area contributed by atoms with Gasteiger partial charge in [-0.15, -0.1) is 0 Å². The molecule has 9 nitrogen and oxygen atoms in total. The summed E-state index contributed by atoms with van der Waals surface area (Å²) in [5, 5.41) is 13.7. The first kappa shape index (κ1) is 16.1. The van der Waals surface area contributed by atoms with Gasteiger partial charge in [-0.05, 0) is 0 Å². The van der Waals surface area contributed by atoms with Gasteiger partial charge in [-0.1, -0.05) is 11.3 Å². The van der Waals surface area contributed by atoms with Gasteiger partial charge < -0.3 is 14.8 Å². The SMILES string of the molecule is CNc1sc(S(=O)(=O)NCC2COCCO2)cc1[N+](=O)[O-]. The molecule has 0 radical (unpaired) electrons. The van der Waals surface area contributed by atoms with E-state index >= 15 is 0 Å². The van der Waals surface area contributed by atoms with Gasteiger partial charge in [0.15, 0.2) is 5.00 Å². The van der Waals surface area contributed by atoms with Gasteiger partial charge in [0.05, 0.1) is 30.8 Å². The van der Waals surface area contributed by atoms with E-state index in [1.54, 1.807) is 0 Å². The van der Waals surface area contributed by atoms with Crippen molar-refractivity contribution in [3.63, 3.8) is 0 Å². The van der Waals surface area contributed by atoms with Crippen molar-refractivity contribution in [2.45, 2.75) is 10.3 Å². The van der Waals surface area contributed by atoms with Crippen molar-refractivity contribution >= 4 is 32.0 Å². The molecule has 0 amide bonds. The molecule has 1 atom stereocenters. The minimum atomic E-state index is -3.82. The Labute approximate surface area is 125 Å². The van der Waals surface area contributed by atoms with Crippen LogP contribution in [0.5, 0.6) is 0 Å². The highest BCUT2D eigenvalue weighted by Crippen LogP contribution is 2.36. The second-order valence-corrected chi connectivity index (χ2v) is 7.25. The van der Waals surface area contributed by atoms with Crippen LogP contribution in [0.15, 0.2) is 10.3 Å². The average Bonchev–Trinajstić information content (AvgIpc) is 2.92. The number of hydrogen-bond donors (Lipinski definition) is 2. The van der Waals surface area contributed by atoms with Crippen LogP contribution in [0.25, 0.3) is 0 Å². The number of thiophene rings is 1. The molecular formula is C10H15N3O6S2. The highest BCUT2D eigenvalue weighted by Gasteiger charge is 2.26. The number of nitrogens with zero attached hydrogens (tertiary/aromatic N) is 1. The van der Waals surface area contributed by atoms with Gasteiger partial charge in [0, 0.05) is 19.7 Å². The molecule has 11 heteroatoms. The third kappa shape index (κ3) is 3.89. The van der Waals surface area contributed by atoms with Crippen LogP contribution in [0.4, 0.5) is 10.7 Å². The summed E-state index contributed by atoms with van der Waals surface area (Å²) in [5.41, 5.74) is -0.264. The Morgan fingerprint density at radius 1 is 1.52 bits per heavy atom. The zero-order valence-corrected chi connectivity index (χ0v) is 12.8. The lowest BCUT2D eigenvalue weighted by molar-refractivity contribution is -0.383. The summed E-state index contributed by atoms with van der Waals surface area (Å²) in [6.07, 6.45) is -0.354. The smallest absolute Gasteiger partial charge is 0.304 e. The van der Waals surface area contributed by atoms with E-state index in [2.05, 4.69) is 10.0 Å². The van der Waals surface area contributed by atoms with Crippen molar-refractivity contribution < 1.29 is 22.8 Å². The van der Waals surface area contributed by atoms with Gasteiger partial charge in [-0.3, -0.25) is 10.1 Å². The Morgan fingerprint density at radius 3 is 2.81 bits per heavy atom. The van der Waals surface area contributed by atoms with Crippen LogP contribution < -0.4 is 10.0 Å². The zero-order chi connectivity index (χ0) is 15.5. The van der Waals surface area contributed by atoms with Crippen molar-refractivity contribution in [2.75, 3.05) is 38.7 Å². The van der Waals surface area contributed by atoms with Crippen molar-refractivity contribution in [2.24, 2.45) is 0 Å². The summed E-state index contributed by atoms with van der Waals surface area (Å²) in [4.78, 5) is 10.2. The fraction of sp³-hybridized carbons (Fsp3) is 0.600. The van der Waals surface area contributed by atoms with Gasteiger partial charge in [-0.25, -0.2) is 13.1 Å². The topological polar surface area (TPSA) is 120 Å². The molecule has 1 aliphatic heterocycles. The lowest BCUT2D eigenvalue weighted by Crippen LogP contribution is -2.39. The van der Waals surface area contributed by atoms with E-state index in [4.69, 9.17) is 9.47 Å². The van der Waals surface area contributed by atoms with Gasteiger partial charge in [0.25, 0.3) is 0 Å². The van der Waals surface area contributed by atoms with E-state index in [0.29, 0.717) is 19.8 Å². The third-order valence-electron chi connectivity index (χ3n) is 2.76. The number of hydrogen-bond acceptors (Lipinski definition) is 8. The molecule has 2 N–H and O–H groups in total. The maximum atomic E-state index is 12.1. The average molecular weight is 337 g/mol. The van der Waals surface area contributed by atoms with Gasteiger partial charge >= 0.3 is 5.69 Å². The number of ether oxygens (including phenoxy) is 2. The molecule has 2 heterocycles. The summed E-state index contributed by atoms with van der Waals surface area (Å²) in [6.45, 7) is 1.28. The second kappa shape index (κ2) is 6.66. The number of anilines is 1. The first-order valence-corrected chi connectivity index (χ1v) is 8.39. The van der Waals surface area contributed by atoms with Crippen molar-refractivity contribution in [3.8, 4) is 0 Å². The second-order valence-electron chi connectivity index (χ2n) is 4.21. The van der Waals surface area contributed by atoms with Crippen LogP contribution in [-0.4, -0.2) is 52.9 Å². The Kier molecular flexibility index (Phi) is 5.11. The summed E-state index contributed by atoms with van der Waals surface area (Å²) in [6, 6.07) is 1.04. The largest absolute Gasteiger partial charge is 0.376 e. The molecule has 118 valence electrons. The molecule has 0 saturated carbocycles. The summed E-state index contributed by atoms with van der Waals surface area (Å²) in [5.74, 6) is 0. The maximum Gasteiger partial charge on any atom is 0.304 e. The first-order chi connectivity index (χ1) is 9.94. The molecule has 1 unspecified atom stereocenters. The Bertz CT molecular complexity index is 608. The molecule has 1 fully saturated rings. The normalized spacial score (nSPS) is 19.4. The summed E-state index contributed by atoms with van der Waals surface area (Å²) in [7, 11) is -2.32. The third-order valence-corrected chi connectivity index (χ3v) is 5.80. The van der Waals surface area contributed by atoms with E-state index in [9.17, 15) is 18.5 Å². The van der Waals surface area contributed by atoms with Crippen molar-refractivity contribution in [3.05, 3.63) is 16.2 Å². The Hall–Kier alpha value is -1.27. The lowest BCUT2D eigenvalue weighted by atomic mass is 10.3. The Morgan fingerprint density at radius 2 is 2.29 bits per heavy atom. The molecule has 1 aromatic heterocycles. The van der Waals surface area contributed by atoms with E-state index < -0.39 is 14.9 Å². The molecule has 2 rings (SSSR count). The zero-order valence-electron chi connectivity index (χ0n) is 11.2. The number of rotatable bonds is 6. The van der Waals surface area contributed by atoms with Crippen LogP contribution in [0.1, 0.15) is 0 Å². The van der Waals surface area contributed by atoms with E-state index in [0.717, 1.165) is 17.4 Å². The minimum absolute atomic E-state index is 0.0585. The molecule has 0 bridgehead atoms. The molecule has 0 spiro atoms. The quantitative estimate of drug-likeness (QED) is 0.569. The highest BCUT2D eigenvalue weighted by atomic mass is 32.2. The molecule has 0 aliphatic carbocycles. The van der Waals surface area contributed by atoms with E-state index in [1.807, 2.05) is 0 Å². The predicted molar refractivity (Wildman–Crippen MR) is 76.3 cm³/mol. The van der Waals surface area contributed by atoms with Crippen molar-refractivity contribution in [1.82, 2.24) is 4.72 Å². The molecule has 1 aliphatic rings. The van der Waals surface area contributed by atoms with E-state index in [1.165, 1.54) is 7.05 Å². The van der Waals surface area contributed by atoms with Gasteiger partial charge in [0.1, 0.15) is 4.21 Å². The molecule has 1 aromatic rings. The van der Waals surface area contributed by atoms with Crippen LogP contribution in [0, 0.1) is 10.1 Å². The maximum absolute atomic E-state index is 12.1. The number of nitro groups is 1. The predicted octanol–water partition coefficient (Wildman–Crippen LogP) is 0.392. The van der Waals surface area contributed by atoms with Crippen LogP contribution in [-0.2, 0) is 19.5 Å². The monoisotopic (exact) mass is 337 g/mol. The van der Waals surface area contributed by atoms with Gasteiger partial charge in [-0.2, -0.15) is 0 Å². The molecule has 1 saturated heterocycles.